The van der Waals surface area contributed by atoms with E-state index in [1.807, 2.05) is 30.3 Å². The molecule has 0 aliphatic heterocycles. The van der Waals surface area contributed by atoms with Crippen LogP contribution in [0.4, 0.5) is 5.69 Å². The second-order valence-electron chi connectivity index (χ2n) is 5.47. The van der Waals surface area contributed by atoms with E-state index >= 15 is 0 Å². The van der Waals surface area contributed by atoms with Crippen LogP contribution in [0.15, 0.2) is 30.3 Å². The molecule has 1 aromatic rings. The molecule has 110 valence electrons. The van der Waals surface area contributed by atoms with Crippen LogP contribution in [0.3, 0.4) is 0 Å². The first-order valence-corrected chi connectivity index (χ1v) is 7.53. The van der Waals surface area contributed by atoms with Crippen LogP contribution >= 0.6 is 0 Å². The van der Waals surface area contributed by atoms with E-state index in [1.165, 1.54) is 12.8 Å². The number of hydrogen-bond donors (Lipinski definition) is 2. The van der Waals surface area contributed by atoms with E-state index in [1.54, 1.807) is 0 Å². The molecule has 0 aromatic heterocycles. The first kappa shape index (κ1) is 15.0. The number of carbonyl (C=O) groups is 1. The molecule has 4 heteroatoms. The number of nitrogens with two attached hydrogens (primary N) is 1. The van der Waals surface area contributed by atoms with Gasteiger partial charge in [-0.2, -0.15) is 0 Å². The summed E-state index contributed by atoms with van der Waals surface area (Å²) in [5.74, 6) is 0.597. The molecule has 3 N–H and O–H groups in total. The van der Waals surface area contributed by atoms with E-state index in [0.29, 0.717) is 18.5 Å². The zero-order valence-corrected chi connectivity index (χ0v) is 12.2. The third-order valence-corrected chi connectivity index (χ3v) is 4.20. The minimum absolute atomic E-state index is 0.0562. The highest BCUT2D eigenvalue weighted by molar-refractivity contribution is 5.92. The van der Waals surface area contributed by atoms with Crippen molar-refractivity contribution in [1.82, 2.24) is 4.90 Å². The van der Waals surface area contributed by atoms with E-state index in [9.17, 15) is 4.79 Å². The summed E-state index contributed by atoms with van der Waals surface area (Å²) in [6.07, 6.45) is 3.58. The molecule has 1 amide bonds. The third-order valence-electron chi connectivity index (χ3n) is 4.20. The summed E-state index contributed by atoms with van der Waals surface area (Å²) in [5, 5.41) is 2.95. The number of anilines is 1. The molecular formula is C16H25N3O. The van der Waals surface area contributed by atoms with Gasteiger partial charge in [-0.25, -0.2) is 0 Å². The first-order valence-electron chi connectivity index (χ1n) is 7.53. The minimum atomic E-state index is 0.0562. The number of para-hydroxylation sites is 1. The molecule has 1 fully saturated rings. The van der Waals surface area contributed by atoms with E-state index in [0.717, 1.165) is 25.2 Å². The number of carbonyl (C=O) groups excluding carboxylic acids is 1. The van der Waals surface area contributed by atoms with Crippen molar-refractivity contribution in [3.8, 4) is 0 Å². The lowest BCUT2D eigenvalue weighted by Gasteiger charge is -2.31. The Morgan fingerprint density at radius 2 is 2.10 bits per heavy atom. The van der Waals surface area contributed by atoms with Gasteiger partial charge in [0, 0.05) is 11.7 Å². The Balaban J connectivity index is 1.91. The SMILES string of the molecule is CCN(CC(=O)Nc1ccccc1)C1CCCC1CN. The van der Waals surface area contributed by atoms with Crippen molar-refractivity contribution in [1.29, 1.82) is 0 Å². The molecule has 4 nitrogen and oxygen atoms in total. The summed E-state index contributed by atoms with van der Waals surface area (Å²) >= 11 is 0. The van der Waals surface area contributed by atoms with Gasteiger partial charge < -0.3 is 11.1 Å². The maximum atomic E-state index is 12.1. The van der Waals surface area contributed by atoms with Gasteiger partial charge in [-0.05, 0) is 44.0 Å². The zero-order chi connectivity index (χ0) is 14.4. The molecule has 0 spiro atoms. The molecule has 0 radical (unpaired) electrons. The van der Waals surface area contributed by atoms with Crippen molar-refractivity contribution in [3.63, 3.8) is 0 Å². The standard InChI is InChI=1S/C16H25N3O/c1-2-19(15-10-6-7-13(15)11-17)12-16(20)18-14-8-4-3-5-9-14/h3-5,8-9,13,15H,2,6-7,10-12,17H2,1H3,(H,18,20). The molecule has 1 saturated carbocycles. The molecule has 2 unspecified atom stereocenters. The summed E-state index contributed by atoms with van der Waals surface area (Å²) in [4.78, 5) is 14.4. The predicted octanol–water partition coefficient (Wildman–Crippen LogP) is 2.07. The summed E-state index contributed by atoms with van der Waals surface area (Å²) in [6.45, 7) is 4.18. The van der Waals surface area contributed by atoms with Crippen LogP contribution in [-0.4, -0.2) is 36.5 Å². The summed E-state index contributed by atoms with van der Waals surface area (Å²) < 4.78 is 0. The number of likely N-dealkylation sites (N-methyl/N-ethyl adjacent to an activating group) is 1. The van der Waals surface area contributed by atoms with E-state index in [2.05, 4.69) is 17.1 Å². The Bertz CT molecular complexity index is 421. The molecule has 2 rings (SSSR count). The second-order valence-corrected chi connectivity index (χ2v) is 5.47. The molecular weight excluding hydrogens is 250 g/mol. The Morgan fingerprint density at radius 1 is 1.35 bits per heavy atom. The highest BCUT2D eigenvalue weighted by Gasteiger charge is 2.31. The van der Waals surface area contributed by atoms with Crippen molar-refractivity contribution in [2.75, 3.05) is 25.0 Å². The summed E-state index contributed by atoms with van der Waals surface area (Å²) in [6, 6.07) is 10.1. The van der Waals surface area contributed by atoms with Gasteiger partial charge in [0.2, 0.25) is 5.91 Å². The Labute approximate surface area is 121 Å². The zero-order valence-electron chi connectivity index (χ0n) is 12.2. The van der Waals surface area contributed by atoms with Crippen molar-refractivity contribution in [2.45, 2.75) is 32.2 Å². The molecule has 0 saturated heterocycles. The quantitative estimate of drug-likeness (QED) is 0.835. The number of nitrogens with zero attached hydrogens (tertiary/aromatic N) is 1. The predicted molar refractivity (Wildman–Crippen MR) is 82.5 cm³/mol. The minimum Gasteiger partial charge on any atom is -0.330 e. The fourth-order valence-corrected chi connectivity index (χ4v) is 3.14. The van der Waals surface area contributed by atoms with Crippen LogP contribution < -0.4 is 11.1 Å². The highest BCUT2D eigenvalue weighted by Crippen LogP contribution is 2.29. The molecule has 20 heavy (non-hydrogen) atoms. The Kier molecular flexibility index (Phi) is 5.56. The van der Waals surface area contributed by atoms with Gasteiger partial charge in [-0.1, -0.05) is 31.5 Å². The van der Waals surface area contributed by atoms with Crippen LogP contribution in [0.2, 0.25) is 0 Å². The van der Waals surface area contributed by atoms with Gasteiger partial charge >= 0.3 is 0 Å². The highest BCUT2D eigenvalue weighted by atomic mass is 16.2. The number of amides is 1. The third kappa shape index (κ3) is 3.81. The van der Waals surface area contributed by atoms with Gasteiger partial charge in [-0.15, -0.1) is 0 Å². The lowest BCUT2D eigenvalue weighted by atomic mass is 10.0. The topological polar surface area (TPSA) is 58.4 Å². The summed E-state index contributed by atoms with van der Waals surface area (Å²) in [5.41, 5.74) is 6.70. The van der Waals surface area contributed by atoms with Crippen molar-refractivity contribution >= 4 is 11.6 Å². The second kappa shape index (κ2) is 7.41. The summed E-state index contributed by atoms with van der Waals surface area (Å²) in [7, 11) is 0. The van der Waals surface area contributed by atoms with Crippen molar-refractivity contribution < 1.29 is 4.79 Å². The number of rotatable bonds is 6. The largest absolute Gasteiger partial charge is 0.330 e. The number of hydrogen-bond acceptors (Lipinski definition) is 3. The average molecular weight is 275 g/mol. The molecule has 1 aromatic carbocycles. The van der Waals surface area contributed by atoms with Crippen LogP contribution in [0.25, 0.3) is 0 Å². The normalized spacial score (nSPS) is 22.1. The molecule has 0 heterocycles. The number of benzene rings is 1. The van der Waals surface area contributed by atoms with Gasteiger partial charge in [0.1, 0.15) is 0 Å². The first-order chi connectivity index (χ1) is 9.74. The lowest BCUT2D eigenvalue weighted by Crippen LogP contribution is -2.44. The van der Waals surface area contributed by atoms with Crippen LogP contribution in [0.1, 0.15) is 26.2 Å². The maximum absolute atomic E-state index is 12.1. The van der Waals surface area contributed by atoms with Crippen LogP contribution in [-0.2, 0) is 4.79 Å². The average Bonchev–Trinajstić information content (AvgIpc) is 2.94. The van der Waals surface area contributed by atoms with Crippen LogP contribution in [0, 0.1) is 5.92 Å². The monoisotopic (exact) mass is 275 g/mol. The Hall–Kier alpha value is -1.39. The molecule has 0 bridgehead atoms. The van der Waals surface area contributed by atoms with Crippen molar-refractivity contribution in [2.24, 2.45) is 11.7 Å². The smallest absolute Gasteiger partial charge is 0.238 e. The van der Waals surface area contributed by atoms with Gasteiger partial charge in [-0.3, -0.25) is 9.69 Å². The fraction of sp³-hybridized carbons (Fsp3) is 0.562. The van der Waals surface area contributed by atoms with Crippen LogP contribution in [0.5, 0.6) is 0 Å². The Morgan fingerprint density at radius 3 is 2.75 bits per heavy atom. The fourth-order valence-electron chi connectivity index (χ4n) is 3.14. The van der Waals surface area contributed by atoms with Crippen molar-refractivity contribution in [3.05, 3.63) is 30.3 Å². The van der Waals surface area contributed by atoms with E-state index in [4.69, 9.17) is 5.73 Å². The number of nitrogens with one attached hydrogen (secondary N) is 1. The molecule has 1 aliphatic rings. The van der Waals surface area contributed by atoms with E-state index < -0.39 is 0 Å². The van der Waals surface area contributed by atoms with Gasteiger partial charge in [0.15, 0.2) is 0 Å². The van der Waals surface area contributed by atoms with Gasteiger partial charge in [0.25, 0.3) is 0 Å². The van der Waals surface area contributed by atoms with E-state index in [-0.39, 0.29) is 5.91 Å². The van der Waals surface area contributed by atoms with Gasteiger partial charge in [0.05, 0.1) is 6.54 Å². The molecule has 1 aliphatic carbocycles. The maximum Gasteiger partial charge on any atom is 0.238 e. The molecule has 2 atom stereocenters. The lowest BCUT2D eigenvalue weighted by molar-refractivity contribution is -0.118.